The van der Waals surface area contributed by atoms with Crippen LogP contribution in [0.2, 0.25) is 0 Å². The van der Waals surface area contributed by atoms with Gasteiger partial charge in [-0.25, -0.2) is 15.0 Å². The second-order valence-electron chi connectivity index (χ2n) is 5.39. The van der Waals surface area contributed by atoms with E-state index in [9.17, 15) is 10.2 Å². The lowest BCUT2D eigenvalue weighted by molar-refractivity contribution is -0.216. The molecule has 5 atom stereocenters. The van der Waals surface area contributed by atoms with Gasteiger partial charge in [0, 0.05) is 0 Å². The van der Waals surface area contributed by atoms with Crippen molar-refractivity contribution in [3.63, 3.8) is 0 Å². The number of hydrogen-bond donors (Lipinski definition) is 3. The lowest BCUT2D eigenvalue weighted by Gasteiger charge is -2.34. The molecule has 9 nitrogen and oxygen atoms in total. The summed E-state index contributed by atoms with van der Waals surface area (Å²) in [4.78, 5) is 12.2. The Balaban J connectivity index is 1.80. The van der Waals surface area contributed by atoms with E-state index >= 15 is 0 Å². The quantitative estimate of drug-likeness (QED) is 0.631. The van der Waals surface area contributed by atoms with Gasteiger partial charge in [0.2, 0.25) is 0 Å². The molecule has 0 saturated carbocycles. The van der Waals surface area contributed by atoms with Gasteiger partial charge < -0.3 is 25.4 Å². The van der Waals surface area contributed by atoms with Crippen LogP contribution in [0.3, 0.4) is 0 Å². The van der Waals surface area contributed by atoms with Crippen LogP contribution in [0.1, 0.15) is 13.2 Å². The third-order valence-corrected chi connectivity index (χ3v) is 4.39. The van der Waals surface area contributed by atoms with Crippen LogP contribution in [-0.4, -0.2) is 60.3 Å². The van der Waals surface area contributed by atoms with Gasteiger partial charge in [0.05, 0.1) is 19.0 Å². The first-order chi connectivity index (χ1) is 10.1. The van der Waals surface area contributed by atoms with E-state index in [-0.39, 0.29) is 12.4 Å². The maximum Gasteiger partial charge on any atom is 0.167 e. The van der Waals surface area contributed by atoms with E-state index in [0.29, 0.717) is 11.2 Å². The summed E-state index contributed by atoms with van der Waals surface area (Å²) in [5.74, 6) is 0.272. The first-order valence-corrected chi connectivity index (χ1v) is 6.63. The number of rotatable bonds is 2. The molecule has 9 heteroatoms. The van der Waals surface area contributed by atoms with Crippen LogP contribution in [0.5, 0.6) is 0 Å². The molecule has 2 aliphatic heterocycles. The van der Waals surface area contributed by atoms with Crippen molar-refractivity contribution < 1.29 is 19.7 Å². The van der Waals surface area contributed by atoms with Gasteiger partial charge in [-0.2, -0.15) is 0 Å². The highest BCUT2D eigenvalue weighted by molar-refractivity contribution is 5.81. The van der Waals surface area contributed by atoms with Crippen molar-refractivity contribution in [2.75, 3.05) is 12.3 Å². The summed E-state index contributed by atoms with van der Waals surface area (Å²) in [6.07, 6.45) is 0.327. The van der Waals surface area contributed by atoms with Crippen molar-refractivity contribution in [1.29, 1.82) is 0 Å². The monoisotopic (exact) mass is 293 g/mol. The van der Waals surface area contributed by atoms with Gasteiger partial charge in [0.15, 0.2) is 17.7 Å². The Morgan fingerprint density at radius 3 is 2.95 bits per heavy atom. The average Bonchev–Trinajstić information content (AvgIpc) is 3.09. The first kappa shape index (κ1) is 12.9. The molecule has 4 heterocycles. The lowest BCUT2D eigenvalue weighted by Crippen LogP contribution is -2.49. The number of aliphatic hydroxyl groups is 2. The molecule has 4 rings (SSSR count). The van der Waals surface area contributed by atoms with Gasteiger partial charge in [-0.05, 0) is 6.92 Å². The maximum absolute atomic E-state index is 10.3. The summed E-state index contributed by atoms with van der Waals surface area (Å²) in [7, 11) is 0. The molecular formula is C12H15N5O4. The highest BCUT2D eigenvalue weighted by Crippen LogP contribution is 2.48. The van der Waals surface area contributed by atoms with Crippen LogP contribution >= 0.6 is 0 Å². The molecule has 0 aliphatic carbocycles. The highest BCUT2D eigenvalue weighted by Gasteiger charge is 2.65. The van der Waals surface area contributed by atoms with E-state index in [1.807, 2.05) is 0 Å². The Bertz CT molecular complexity index is 706. The minimum atomic E-state index is -1.12. The van der Waals surface area contributed by atoms with Crippen LogP contribution in [0.25, 0.3) is 11.2 Å². The van der Waals surface area contributed by atoms with E-state index in [1.54, 1.807) is 11.5 Å². The fourth-order valence-electron chi connectivity index (χ4n) is 3.16. The lowest BCUT2D eigenvalue weighted by atomic mass is 9.95. The smallest absolute Gasteiger partial charge is 0.167 e. The summed E-state index contributed by atoms with van der Waals surface area (Å²) < 4.78 is 13.3. The molecule has 2 aliphatic rings. The normalized spacial score (nSPS) is 38.4. The maximum atomic E-state index is 10.3. The van der Waals surface area contributed by atoms with E-state index in [4.69, 9.17) is 15.2 Å². The predicted molar refractivity (Wildman–Crippen MR) is 70.0 cm³/mol. The van der Waals surface area contributed by atoms with Crippen molar-refractivity contribution in [2.45, 2.75) is 37.1 Å². The molecule has 2 aromatic heterocycles. The van der Waals surface area contributed by atoms with Crippen LogP contribution in [0, 0.1) is 0 Å². The Morgan fingerprint density at radius 1 is 1.43 bits per heavy atom. The van der Waals surface area contributed by atoms with E-state index < -0.39 is 30.1 Å². The van der Waals surface area contributed by atoms with E-state index in [1.165, 1.54) is 12.7 Å². The fraction of sp³-hybridized carbons (Fsp3) is 0.583. The Hall–Kier alpha value is -1.81. The largest absolute Gasteiger partial charge is 0.393 e. The average molecular weight is 293 g/mol. The second-order valence-corrected chi connectivity index (χ2v) is 5.39. The number of nitrogens with zero attached hydrogens (tertiary/aromatic N) is 4. The fourth-order valence-corrected chi connectivity index (χ4v) is 3.16. The van der Waals surface area contributed by atoms with Crippen LogP contribution < -0.4 is 5.73 Å². The number of hydrogen-bond acceptors (Lipinski definition) is 8. The number of nitrogen functional groups attached to an aromatic ring is 1. The molecule has 0 aromatic carbocycles. The molecule has 4 unspecified atom stereocenters. The van der Waals surface area contributed by atoms with Crippen molar-refractivity contribution in [2.24, 2.45) is 0 Å². The van der Waals surface area contributed by atoms with Crippen molar-refractivity contribution in [3.8, 4) is 0 Å². The Kier molecular flexibility index (Phi) is 2.52. The molecule has 4 N–H and O–H groups in total. The van der Waals surface area contributed by atoms with Gasteiger partial charge in [-0.3, -0.25) is 4.57 Å². The van der Waals surface area contributed by atoms with E-state index in [2.05, 4.69) is 15.0 Å². The number of fused-ring (bicyclic) bond motifs is 3. The number of aromatic nitrogens is 4. The first-order valence-electron chi connectivity index (χ1n) is 6.63. The Labute approximate surface area is 119 Å². The van der Waals surface area contributed by atoms with Crippen LogP contribution in [0.4, 0.5) is 5.82 Å². The molecule has 2 saturated heterocycles. The SMILES string of the molecule is CC1OC2C(n3cnc4c(N)ncnc43)OC1(CO)[C@@H]2O. The van der Waals surface area contributed by atoms with Crippen LogP contribution in [-0.2, 0) is 9.47 Å². The summed E-state index contributed by atoms with van der Waals surface area (Å²) >= 11 is 0. The van der Waals surface area contributed by atoms with Gasteiger partial charge in [0.1, 0.15) is 29.7 Å². The topological polar surface area (TPSA) is 129 Å². The van der Waals surface area contributed by atoms with Gasteiger partial charge >= 0.3 is 0 Å². The Morgan fingerprint density at radius 2 is 2.24 bits per heavy atom. The summed E-state index contributed by atoms with van der Waals surface area (Å²) in [6.45, 7) is 1.44. The summed E-state index contributed by atoms with van der Waals surface area (Å²) in [5.41, 5.74) is 5.60. The van der Waals surface area contributed by atoms with E-state index in [0.717, 1.165) is 0 Å². The molecule has 0 radical (unpaired) electrons. The van der Waals surface area contributed by atoms with Gasteiger partial charge in [0.25, 0.3) is 0 Å². The summed E-state index contributed by atoms with van der Waals surface area (Å²) in [5, 5.41) is 20.0. The molecule has 2 bridgehead atoms. The summed E-state index contributed by atoms with van der Waals surface area (Å²) in [6, 6.07) is 0. The minimum absolute atomic E-state index is 0.272. The number of nitrogens with two attached hydrogens (primary N) is 1. The number of ether oxygens (including phenoxy) is 2. The highest BCUT2D eigenvalue weighted by atomic mass is 16.7. The van der Waals surface area contributed by atoms with Crippen LogP contribution in [0.15, 0.2) is 12.7 Å². The standard InChI is InChI=1S/C12H15N5O4/c1-5-12(2-18)8(19)7(20-5)11(21-12)17-4-16-6-9(13)14-3-15-10(6)17/h3-5,7-8,11,18-19H,2H2,1H3,(H2,13,14,15)/t5?,7?,8-,11?,12?/m1/s1. The second kappa shape index (κ2) is 4.10. The molecule has 0 amide bonds. The third kappa shape index (κ3) is 1.46. The number of imidazole rings is 1. The van der Waals surface area contributed by atoms with Crippen molar-refractivity contribution in [3.05, 3.63) is 12.7 Å². The zero-order chi connectivity index (χ0) is 14.8. The molecular weight excluding hydrogens is 278 g/mol. The third-order valence-electron chi connectivity index (χ3n) is 4.39. The molecule has 21 heavy (non-hydrogen) atoms. The van der Waals surface area contributed by atoms with Gasteiger partial charge in [-0.15, -0.1) is 0 Å². The number of aliphatic hydroxyl groups excluding tert-OH is 2. The van der Waals surface area contributed by atoms with Crippen molar-refractivity contribution >= 4 is 17.0 Å². The molecule has 2 aromatic rings. The van der Waals surface area contributed by atoms with Gasteiger partial charge in [-0.1, -0.05) is 0 Å². The predicted octanol–water partition coefficient (Wildman–Crippen LogP) is -1.18. The molecule has 112 valence electrons. The molecule has 2 fully saturated rings. The zero-order valence-electron chi connectivity index (χ0n) is 11.2. The zero-order valence-corrected chi connectivity index (χ0v) is 11.2. The number of anilines is 1. The molecule has 0 spiro atoms. The van der Waals surface area contributed by atoms with Crippen molar-refractivity contribution in [1.82, 2.24) is 19.5 Å². The minimum Gasteiger partial charge on any atom is -0.393 e.